The summed E-state index contributed by atoms with van der Waals surface area (Å²) >= 11 is 0. The number of aryl methyl sites for hydroxylation is 1. The summed E-state index contributed by atoms with van der Waals surface area (Å²) in [6.45, 7) is 6.85. The van der Waals surface area contributed by atoms with Gasteiger partial charge < -0.3 is 24.3 Å². The summed E-state index contributed by atoms with van der Waals surface area (Å²) in [6.07, 6.45) is 5.95. The van der Waals surface area contributed by atoms with Crippen LogP contribution in [0.2, 0.25) is 0 Å². The SMILES string of the molecule is COCCOC(=O)c1c(C)[nH]c(C(=O)N2CCC(C(=O)N3CCCCCC3)CC2)c1C. The van der Waals surface area contributed by atoms with E-state index in [9.17, 15) is 14.4 Å². The van der Waals surface area contributed by atoms with Crippen molar-refractivity contribution in [1.82, 2.24) is 14.8 Å². The molecule has 2 fully saturated rings. The first-order chi connectivity index (χ1) is 14.9. The zero-order valence-electron chi connectivity index (χ0n) is 19.0. The van der Waals surface area contributed by atoms with E-state index in [1.807, 2.05) is 4.90 Å². The average molecular weight is 434 g/mol. The Morgan fingerprint density at radius 1 is 0.935 bits per heavy atom. The Kier molecular flexibility index (Phi) is 8.12. The minimum atomic E-state index is -0.455. The number of piperidine rings is 1. The standard InChI is InChI=1S/C23H35N3O5/c1-16-19(23(29)31-15-14-30-3)17(2)24-20(16)22(28)26-12-8-18(9-13-26)21(27)25-10-6-4-5-7-11-25/h18,24H,4-15H2,1-3H3. The molecule has 0 radical (unpaired) electrons. The summed E-state index contributed by atoms with van der Waals surface area (Å²) in [7, 11) is 1.54. The highest BCUT2D eigenvalue weighted by Gasteiger charge is 2.32. The van der Waals surface area contributed by atoms with E-state index < -0.39 is 5.97 Å². The van der Waals surface area contributed by atoms with Gasteiger partial charge in [0.1, 0.15) is 12.3 Å². The Morgan fingerprint density at radius 2 is 1.58 bits per heavy atom. The van der Waals surface area contributed by atoms with Crippen LogP contribution in [0.15, 0.2) is 0 Å². The number of aromatic amines is 1. The molecule has 1 aromatic heterocycles. The zero-order chi connectivity index (χ0) is 22.4. The number of methoxy groups -OCH3 is 1. The third-order valence-electron chi connectivity index (χ3n) is 6.43. The number of carbonyl (C=O) groups is 3. The van der Waals surface area contributed by atoms with Crippen LogP contribution < -0.4 is 0 Å². The second-order valence-electron chi connectivity index (χ2n) is 8.56. The van der Waals surface area contributed by atoms with Gasteiger partial charge in [0.2, 0.25) is 5.91 Å². The van der Waals surface area contributed by atoms with Gasteiger partial charge in [0, 0.05) is 44.9 Å². The second kappa shape index (κ2) is 10.8. The highest BCUT2D eigenvalue weighted by molar-refractivity contribution is 6.00. The second-order valence-corrected chi connectivity index (χ2v) is 8.56. The van der Waals surface area contributed by atoms with E-state index in [2.05, 4.69) is 4.98 Å². The van der Waals surface area contributed by atoms with Crippen LogP contribution in [0, 0.1) is 19.8 Å². The molecule has 0 saturated carbocycles. The van der Waals surface area contributed by atoms with Crippen molar-refractivity contribution in [3.8, 4) is 0 Å². The third-order valence-corrected chi connectivity index (χ3v) is 6.43. The van der Waals surface area contributed by atoms with Crippen molar-refractivity contribution in [3.63, 3.8) is 0 Å². The molecule has 0 atom stereocenters. The summed E-state index contributed by atoms with van der Waals surface area (Å²) in [5.74, 6) is -0.330. The van der Waals surface area contributed by atoms with Gasteiger partial charge in [-0.3, -0.25) is 9.59 Å². The molecule has 8 nitrogen and oxygen atoms in total. The highest BCUT2D eigenvalue weighted by Crippen LogP contribution is 2.25. The normalized spacial score (nSPS) is 18.0. The van der Waals surface area contributed by atoms with E-state index in [0.717, 1.165) is 25.9 Å². The molecule has 0 aromatic carbocycles. The van der Waals surface area contributed by atoms with Crippen molar-refractivity contribution < 1.29 is 23.9 Å². The first-order valence-corrected chi connectivity index (χ1v) is 11.4. The molecule has 1 aromatic rings. The van der Waals surface area contributed by atoms with Gasteiger partial charge >= 0.3 is 5.97 Å². The topological polar surface area (TPSA) is 91.9 Å². The van der Waals surface area contributed by atoms with E-state index in [1.165, 1.54) is 12.8 Å². The molecular formula is C23H35N3O5. The van der Waals surface area contributed by atoms with E-state index >= 15 is 0 Å². The van der Waals surface area contributed by atoms with Crippen LogP contribution in [-0.4, -0.2) is 79.1 Å². The highest BCUT2D eigenvalue weighted by atomic mass is 16.6. The number of likely N-dealkylation sites (tertiary alicyclic amines) is 2. The Morgan fingerprint density at radius 3 is 2.19 bits per heavy atom. The molecule has 0 aliphatic carbocycles. The van der Waals surface area contributed by atoms with Crippen LogP contribution in [0.1, 0.15) is 70.6 Å². The van der Waals surface area contributed by atoms with E-state index in [1.54, 1.807) is 25.9 Å². The summed E-state index contributed by atoms with van der Waals surface area (Å²) in [4.78, 5) is 45.3. The van der Waals surface area contributed by atoms with Crippen LogP contribution >= 0.6 is 0 Å². The first kappa shape index (κ1) is 23.3. The lowest BCUT2D eigenvalue weighted by atomic mass is 9.94. The number of amides is 2. The van der Waals surface area contributed by atoms with Crippen molar-refractivity contribution in [1.29, 1.82) is 0 Å². The Bertz CT molecular complexity index is 787. The number of nitrogens with zero attached hydrogens (tertiary/aromatic N) is 2. The third kappa shape index (κ3) is 5.47. The molecule has 31 heavy (non-hydrogen) atoms. The Balaban J connectivity index is 1.60. The molecule has 2 amide bonds. The molecule has 0 unspecified atom stereocenters. The van der Waals surface area contributed by atoms with Gasteiger partial charge in [0.15, 0.2) is 0 Å². The summed E-state index contributed by atoms with van der Waals surface area (Å²) in [5, 5.41) is 0. The molecule has 3 rings (SSSR count). The molecule has 2 aliphatic heterocycles. The fourth-order valence-corrected chi connectivity index (χ4v) is 4.60. The van der Waals surface area contributed by atoms with Crippen LogP contribution in [0.4, 0.5) is 0 Å². The van der Waals surface area contributed by atoms with E-state index in [0.29, 0.717) is 55.1 Å². The van der Waals surface area contributed by atoms with Gasteiger partial charge in [0.25, 0.3) is 5.91 Å². The van der Waals surface area contributed by atoms with E-state index in [4.69, 9.17) is 9.47 Å². The minimum Gasteiger partial charge on any atom is -0.460 e. The number of ether oxygens (including phenoxy) is 2. The van der Waals surface area contributed by atoms with Crippen molar-refractivity contribution in [3.05, 3.63) is 22.5 Å². The predicted octanol–water partition coefficient (Wildman–Crippen LogP) is 2.69. The van der Waals surface area contributed by atoms with Gasteiger partial charge in [-0.15, -0.1) is 0 Å². The lowest BCUT2D eigenvalue weighted by molar-refractivity contribution is -0.136. The number of nitrogens with one attached hydrogen (secondary N) is 1. The molecule has 1 N–H and O–H groups in total. The molecule has 8 heteroatoms. The first-order valence-electron chi connectivity index (χ1n) is 11.4. The summed E-state index contributed by atoms with van der Waals surface area (Å²) < 4.78 is 10.1. The quantitative estimate of drug-likeness (QED) is 0.550. The smallest absolute Gasteiger partial charge is 0.340 e. The molecule has 172 valence electrons. The molecular weight excluding hydrogens is 398 g/mol. The fraction of sp³-hybridized carbons (Fsp3) is 0.696. The number of aromatic nitrogens is 1. The maximum atomic E-state index is 13.1. The number of hydrogen-bond acceptors (Lipinski definition) is 5. The van der Waals surface area contributed by atoms with Crippen molar-refractivity contribution in [2.24, 2.45) is 5.92 Å². The predicted molar refractivity (Wildman–Crippen MR) is 116 cm³/mol. The van der Waals surface area contributed by atoms with Crippen LogP contribution in [0.5, 0.6) is 0 Å². The van der Waals surface area contributed by atoms with Crippen LogP contribution in [0.25, 0.3) is 0 Å². The Labute approximate surface area is 184 Å². The number of hydrogen-bond donors (Lipinski definition) is 1. The van der Waals surface area contributed by atoms with Crippen molar-refractivity contribution in [2.75, 3.05) is 46.5 Å². The van der Waals surface area contributed by atoms with Crippen molar-refractivity contribution >= 4 is 17.8 Å². The lowest BCUT2D eigenvalue weighted by Gasteiger charge is -2.34. The molecule has 0 spiro atoms. The van der Waals surface area contributed by atoms with Crippen LogP contribution in [0.3, 0.4) is 0 Å². The van der Waals surface area contributed by atoms with E-state index in [-0.39, 0.29) is 24.3 Å². The van der Waals surface area contributed by atoms with Gasteiger partial charge in [-0.1, -0.05) is 12.8 Å². The van der Waals surface area contributed by atoms with Crippen LogP contribution in [-0.2, 0) is 14.3 Å². The van der Waals surface area contributed by atoms with Gasteiger partial charge in [0.05, 0.1) is 12.2 Å². The molecule has 0 bridgehead atoms. The van der Waals surface area contributed by atoms with Gasteiger partial charge in [-0.2, -0.15) is 0 Å². The number of carbonyl (C=O) groups excluding carboxylic acids is 3. The summed E-state index contributed by atoms with van der Waals surface area (Å²) in [6, 6.07) is 0. The fourth-order valence-electron chi connectivity index (χ4n) is 4.60. The molecule has 3 heterocycles. The summed E-state index contributed by atoms with van der Waals surface area (Å²) in [5.41, 5.74) is 2.06. The number of rotatable bonds is 6. The maximum absolute atomic E-state index is 13.1. The monoisotopic (exact) mass is 433 g/mol. The van der Waals surface area contributed by atoms with Gasteiger partial charge in [-0.25, -0.2) is 4.79 Å². The Hall–Kier alpha value is -2.35. The minimum absolute atomic E-state index is 0.0000479. The number of esters is 1. The maximum Gasteiger partial charge on any atom is 0.340 e. The number of H-pyrrole nitrogens is 1. The molecule has 2 saturated heterocycles. The van der Waals surface area contributed by atoms with Gasteiger partial charge in [-0.05, 0) is 45.1 Å². The lowest BCUT2D eigenvalue weighted by Crippen LogP contribution is -2.44. The van der Waals surface area contributed by atoms with Crippen molar-refractivity contribution in [2.45, 2.75) is 52.4 Å². The largest absolute Gasteiger partial charge is 0.460 e. The molecule has 2 aliphatic rings. The average Bonchev–Trinajstić information content (AvgIpc) is 2.94. The zero-order valence-corrected chi connectivity index (χ0v) is 19.0.